The molecule has 0 heteroatoms. The van der Waals surface area contributed by atoms with Crippen LogP contribution in [0.2, 0.25) is 0 Å². The zero-order valence-electron chi connectivity index (χ0n) is 17.8. The van der Waals surface area contributed by atoms with Gasteiger partial charge in [0.15, 0.2) is 0 Å². The molecule has 0 heterocycles. The summed E-state index contributed by atoms with van der Waals surface area (Å²) in [6.07, 6.45) is 14.6. The fourth-order valence-electron chi connectivity index (χ4n) is 5.25. The van der Waals surface area contributed by atoms with Gasteiger partial charge in [0.25, 0.3) is 0 Å². The molecule has 1 saturated carbocycles. The first-order valence-corrected chi connectivity index (χ1v) is 11.7. The number of hydrogen-bond donors (Lipinski definition) is 0. The van der Waals surface area contributed by atoms with Crippen LogP contribution in [0.25, 0.3) is 16.7 Å². The quantitative estimate of drug-likeness (QED) is 0.492. The van der Waals surface area contributed by atoms with E-state index < -0.39 is 0 Å². The standard InChI is InChI=1S/C28H36/c1-3-21-5-9-23(10-6-21)25-13-17-27(18-14-25)28-19-15-26(16-20-28)24-11-7-22(4-2)8-12-24/h9,13-22,24H,3-8,10-12H2,1-2H3/t21?,22-,24-. The van der Waals surface area contributed by atoms with E-state index >= 15 is 0 Å². The summed E-state index contributed by atoms with van der Waals surface area (Å²) in [5.41, 5.74) is 7.21. The fourth-order valence-corrected chi connectivity index (χ4v) is 5.25. The third-order valence-electron chi connectivity index (χ3n) is 7.49. The van der Waals surface area contributed by atoms with Crippen molar-refractivity contribution in [2.24, 2.45) is 11.8 Å². The zero-order valence-corrected chi connectivity index (χ0v) is 17.8. The zero-order chi connectivity index (χ0) is 19.3. The van der Waals surface area contributed by atoms with Gasteiger partial charge in [-0.1, -0.05) is 81.3 Å². The molecule has 0 radical (unpaired) electrons. The number of hydrogen-bond acceptors (Lipinski definition) is 0. The van der Waals surface area contributed by atoms with Crippen molar-refractivity contribution in [2.45, 2.75) is 77.6 Å². The van der Waals surface area contributed by atoms with Gasteiger partial charge in [0, 0.05) is 0 Å². The topological polar surface area (TPSA) is 0 Å². The Labute approximate surface area is 172 Å². The maximum absolute atomic E-state index is 2.48. The molecule has 1 unspecified atom stereocenters. The molecule has 0 aromatic heterocycles. The Morgan fingerprint density at radius 2 is 1.21 bits per heavy atom. The lowest BCUT2D eigenvalue weighted by atomic mass is 9.77. The van der Waals surface area contributed by atoms with E-state index in [9.17, 15) is 0 Å². The minimum absolute atomic E-state index is 0.782. The summed E-state index contributed by atoms with van der Waals surface area (Å²) in [5, 5.41) is 0. The Bertz CT molecular complexity index is 770. The lowest BCUT2D eigenvalue weighted by Gasteiger charge is -2.28. The van der Waals surface area contributed by atoms with Gasteiger partial charge in [-0.15, -0.1) is 0 Å². The van der Waals surface area contributed by atoms with Crippen LogP contribution in [0, 0.1) is 11.8 Å². The first-order chi connectivity index (χ1) is 13.8. The Kier molecular flexibility index (Phi) is 6.35. The minimum Gasteiger partial charge on any atom is -0.0804 e. The van der Waals surface area contributed by atoms with Crippen LogP contribution in [0.4, 0.5) is 0 Å². The van der Waals surface area contributed by atoms with Crippen molar-refractivity contribution in [3.8, 4) is 11.1 Å². The average Bonchev–Trinajstić information content (AvgIpc) is 2.79. The molecule has 2 aromatic rings. The molecule has 0 spiro atoms. The van der Waals surface area contributed by atoms with Gasteiger partial charge >= 0.3 is 0 Å². The summed E-state index contributed by atoms with van der Waals surface area (Å²) in [6.45, 7) is 4.66. The van der Waals surface area contributed by atoms with Crippen molar-refractivity contribution in [3.05, 3.63) is 65.7 Å². The van der Waals surface area contributed by atoms with Crippen molar-refractivity contribution in [2.75, 3.05) is 0 Å². The highest BCUT2D eigenvalue weighted by atomic mass is 14.3. The molecule has 2 aliphatic carbocycles. The van der Waals surface area contributed by atoms with Crippen molar-refractivity contribution in [1.29, 1.82) is 0 Å². The van der Waals surface area contributed by atoms with Gasteiger partial charge < -0.3 is 0 Å². The Morgan fingerprint density at radius 1 is 0.643 bits per heavy atom. The Balaban J connectivity index is 1.41. The van der Waals surface area contributed by atoms with Gasteiger partial charge in [0.05, 0.1) is 0 Å². The van der Waals surface area contributed by atoms with Crippen LogP contribution < -0.4 is 0 Å². The predicted octanol–water partition coefficient (Wildman–Crippen LogP) is 8.63. The molecular weight excluding hydrogens is 336 g/mol. The van der Waals surface area contributed by atoms with Gasteiger partial charge in [0.1, 0.15) is 0 Å². The fraction of sp³-hybridized carbons (Fsp3) is 0.500. The van der Waals surface area contributed by atoms with Gasteiger partial charge in [-0.25, -0.2) is 0 Å². The molecule has 4 rings (SSSR count). The van der Waals surface area contributed by atoms with Crippen LogP contribution >= 0.6 is 0 Å². The SMILES string of the molecule is CCC1CC=C(c2ccc(-c3ccc([C@H]4CC[C@H](CC)CC4)cc3)cc2)CC1. The van der Waals surface area contributed by atoms with Crippen molar-refractivity contribution in [3.63, 3.8) is 0 Å². The van der Waals surface area contributed by atoms with E-state index in [0.717, 1.165) is 17.8 Å². The van der Waals surface area contributed by atoms with Crippen LogP contribution in [0.15, 0.2) is 54.6 Å². The molecule has 2 aliphatic rings. The molecule has 0 aliphatic heterocycles. The van der Waals surface area contributed by atoms with Crippen LogP contribution in [0.3, 0.4) is 0 Å². The third-order valence-corrected chi connectivity index (χ3v) is 7.49. The van der Waals surface area contributed by atoms with E-state index in [1.54, 1.807) is 11.1 Å². The summed E-state index contributed by atoms with van der Waals surface area (Å²) in [5.74, 6) is 2.66. The molecule has 0 saturated heterocycles. The minimum atomic E-state index is 0.782. The molecular formula is C28H36. The summed E-state index contributed by atoms with van der Waals surface area (Å²) >= 11 is 0. The van der Waals surface area contributed by atoms with Crippen molar-refractivity contribution >= 4 is 5.57 Å². The molecule has 148 valence electrons. The lowest BCUT2D eigenvalue weighted by molar-refractivity contribution is 0.319. The van der Waals surface area contributed by atoms with Crippen LogP contribution in [-0.4, -0.2) is 0 Å². The smallest absolute Gasteiger partial charge is 0.0162 e. The molecule has 1 atom stereocenters. The molecule has 28 heavy (non-hydrogen) atoms. The van der Waals surface area contributed by atoms with Crippen LogP contribution in [0.1, 0.15) is 88.7 Å². The molecule has 0 amide bonds. The molecule has 0 nitrogen and oxygen atoms in total. The average molecular weight is 373 g/mol. The van der Waals surface area contributed by atoms with Gasteiger partial charge in [0.2, 0.25) is 0 Å². The predicted molar refractivity (Wildman–Crippen MR) is 122 cm³/mol. The number of benzene rings is 2. The van der Waals surface area contributed by atoms with E-state index in [0.29, 0.717) is 0 Å². The third kappa shape index (κ3) is 4.43. The highest BCUT2D eigenvalue weighted by Crippen LogP contribution is 2.38. The monoisotopic (exact) mass is 372 g/mol. The highest BCUT2D eigenvalue weighted by molar-refractivity contribution is 5.71. The van der Waals surface area contributed by atoms with E-state index in [2.05, 4.69) is 68.5 Å². The summed E-state index contributed by atoms with van der Waals surface area (Å²) in [7, 11) is 0. The van der Waals surface area contributed by atoms with E-state index in [-0.39, 0.29) is 0 Å². The number of rotatable bonds is 5. The second kappa shape index (κ2) is 9.12. The van der Waals surface area contributed by atoms with Crippen LogP contribution in [0.5, 0.6) is 0 Å². The molecule has 1 fully saturated rings. The number of allylic oxidation sites excluding steroid dienone is 2. The van der Waals surface area contributed by atoms with Crippen LogP contribution in [-0.2, 0) is 0 Å². The molecule has 2 aromatic carbocycles. The first-order valence-electron chi connectivity index (χ1n) is 11.7. The summed E-state index contributed by atoms with van der Waals surface area (Å²) in [6, 6.07) is 18.7. The van der Waals surface area contributed by atoms with E-state index in [1.165, 1.54) is 74.5 Å². The molecule has 0 N–H and O–H groups in total. The highest BCUT2D eigenvalue weighted by Gasteiger charge is 2.21. The van der Waals surface area contributed by atoms with E-state index in [1.807, 2.05) is 0 Å². The first kappa shape index (κ1) is 19.5. The maximum atomic E-state index is 2.48. The van der Waals surface area contributed by atoms with Gasteiger partial charge in [-0.05, 0) is 90.5 Å². The normalized spacial score (nSPS) is 25.4. The van der Waals surface area contributed by atoms with Gasteiger partial charge in [-0.3, -0.25) is 0 Å². The van der Waals surface area contributed by atoms with E-state index in [4.69, 9.17) is 0 Å². The lowest BCUT2D eigenvalue weighted by Crippen LogP contribution is -2.12. The maximum Gasteiger partial charge on any atom is -0.0162 e. The van der Waals surface area contributed by atoms with Crippen molar-refractivity contribution in [1.82, 2.24) is 0 Å². The second-order valence-electron chi connectivity index (χ2n) is 9.10. The second-order valence-corrected chi connectivity index (χ2v) is 9.10. The molecule has 0 bridgehead atoms. The van der Waals surface area contributed by atoms with Gasteiger partial charge in [-0.2, -0.15) is 0 Å². The Morgan fingerprint density at radius 3 is 1.75 bits per heavy atom. The summed E-state index contributed by atoms with van der Waals surface area (Å²) in [4.78, 5) is 0. The van der Waals surface area contributed by atoms with Crippen molar-refractivity contribution < 1.29 is 0 Å². The Hall–Kier alpha value is -1.82. The summed E-state index contributed by atoms with van der Waals surface area (Å²) < 4.78 is 0. The largest absolute Gasteiger partial charge is 0.0804 e.